The molecule has 0 bridgehead atoms. The highest BCUT2D eigenvalue weighted by molar-refractivity contribution is 5.53. The normalized spacial score (nSPS) is 11.4. The molecule has 0 spiro atoms. The van der Waals surface area contributed by atoms with Gasteiger partial charge in [0.25, 0.3) is 0 Å². The van der Waals surface area contributed by atoms with Gasteiger partial charge in [0, 0.05) is 12.4 Å². The Morgan fingerprint density at radius 3 is 2.26 bits per heavy atom. The van der Waals surface area contributed by atoms with E-state index in [-0.39, 0.29) is 11.4 Å². The topological polar surface area (TPSA) is 60.8 Å². The van der Waals surface area contributed by atoms with Crippen LogP contribution in [0.3, 0.4) is 0 Å². The van der Waals surface area contributed by atoms with Crippen molar-refractivity contribution in [1.82, 2.24) is 19.9 Å². The molecule has 0 N–H and O–H groups in total. The molecule has 0 aliphatic rings. The second-order valence-corrected chi connectivity index (χ2v) is 3.35. The first-order valence-corrected chi connectivity index (χ1v) is 4.87. The summed E-state index contributed by atoms with van der Waals surface area (Å²) < 4.78 is 55.8. The number of hydrogen-bond donors (Lipinski definition) is 0. The average Bonchev–Trinajstić information content (AvgIpc) is 2.37. The van der Waals surface area contributed by atoms with Gasteiger partial charge in [0.1, 0.15) is 6.33 Å². The molecule has 0 saturated carbocycles. The van der Waals surface area contributed by atoms with Gasteiger partial charge in [0.05, 0.1) is 12.7 Å². The molecule has 0 radical (unpaired) electrons. The second kappa shape index (κ2) is 4.75. The Balaban J connectivity index is 2.61. The van der Waals surface area contributed by atoms with Crippen LogP contribution < -0.4 is 4.74 Å². The van der Waals surface area contributed by atoms with Gasteiger partial charge >= 0.3 is 6.18 Å². The molecule has 0 aliphatic carbocycles. The van der Waals surface area contributed by atoms with Crippen LogP contribution in [0, 0.1) is 5.95 Å². The lowest BCUT2D eigenvalue weighted by atomic mass is 10.2. The number of aromatic nitrogens is 4. The summed E-state index contributed by atoms with van der Waals surface area (Å²) in [5.41, 5.74) is -1.47. The van der Waals surface area contributed by atoms with Crippen LogP contribution in [0.15, 0.2) is 18.7 Å². The summed E-state index contributed by atoms with van der Waals surface area (Å²) in [5.74, 6) is -2.89. The highest BCUT2D eigenvalue weighted by Crippen LogP contribution is 2.37. The average molecular weight is 274 g/mol. The monoisotopic (exact) mass is 274 g/mol. The van der Waals surface area contributed by atoms with Crippen molar-refractivity contribution in [2.75, 3.05) is 7.11 Å². The van der Waals surface area contributed by atoms with Gasteiger partial charge in [-0.25, -0.2) is 9.97 Å². The van der Waals surface area contributed by atoms with Crippen molar-refractivity contribution in [2.45, 2.75) is 6.18 Å². The predicted molar refractivity (Wildman–Crippen MR) is 54.6 cm³/mol. The molecule has 0 atom stereocenters. The summed E-state index contributed by atoms with van der Waals surface area (Å²) in [6.45, 7) is 0. The lowest BCUT2D eigenvalue weighted by Crippen LogP contribution is -2.14. The van der Waals surface area contributed by atoms with Crippen molar-refractivity contribution >= 4 is 0 Å². The van der Waals surface area contributed by atoms with E-state index in [1.807, 2.05) is 0 Å². The highest BCUT2D eigenvalue weighted by atomic mass is 19.4. The highest BCUT2D eigenvalue weighted by Gasteiger charge is 2.40. The second-order valence-electron chi connectivity index (χ2n) is 3.35. The maximum absolute atomic E-state index is 13.5. The molecule has 2 aromatic rings. The van der Waals surface area contributed by atoms with Crippen LogP contribution in [0.2, 0.25) is 0 Å². The van der Waals surface area contributed by atoms with Crippen LogP contribution in [-0.2, 0) is 6.18 Å². The molecule has 2 aromatic heterocycles. The number of methoxy groups -OCH3 is 1. The van der Waals surface area contributed by atoms with E-state index in [4.69, 9.17) is 0 Å². The fourth-order valence-electron chi connectivity index (χ4n) is 1.34. The molecule has 0 amide bonds. The van der Waals surface area contributed by atoms with Gasteiger partial charge in [0.2, 0.25) is 11.8 Å². The van der Waals surface area contributed by atoms with E-state index < -0.39 is 23.6 Å². The number of nitrogens with zero attached hydrogens (tertiary/aromatic N) is 4. The minimum absolute atomic E-state index is 0.174. The molecule has 0 fully saturated rings. The summed E-state index contributed by atoms with van der Waals surface area (Å²) in [6.07, 6.45) is -1.24. The summed E-state index contributed by atoms with van der Waals surface area (Å²) >= 11 is 0. The van der Waals surface area contributed by atoms with Crippen LogP contribution in [-0.4, -0.2) is 27.0 Å². The zero-order valence-electron chi connectivity index (χ0n) is 9.44. The van der Waals surface area contributed by atoms with Crippen molar-refractivity contribution in [2.24, 2.45) is 0 Å². The number of halogens is 4. The molecule has 19 heavy (non-hydrogen) atoms. The number of rotatable bonds is 2. The Hall–Kier alpha value is -2.32. The first kappa shape index (κ1) is 13.1. The molecule has 0 aliphatic heterocycles. The Kier molecular flexibility index (Phi) is 3.28. The minimum Gasteiger partial charge on any atom is -0.480 e. The fraction of sp³-hybridized carbons (Fsp3) is 0.200. The van der Waals surface area contributed by atoms with E-state index in [0.29, 0.717) is 0 Å². The quantitative estimate of drug-likeness (QED) is 0.620. The summed E-state index contributed by atoms with van der Waals surface area (Å²) in [4.78, 5) is 14.0. The van der Waals surface area contributed by atoms with Crippen LogP contribution >= 0.6 is 0 Å². The van der Waals surface area contributed by atoms with Crippen LogP contribution in [0.4, 0.5) is 17.6 Å². The van der Waals surface area contributed by atoms with Gasteiger partial charge in [-0.1, -0.05) is 0 Å². The van der Waals surface area contributed by atoms with Gasteiger partial charge in [-0.15, -0.1) is 0 Å². The molecule has 0 unspecified atom stereocenters. The third-order valence-corrected chi connectivity index (χ3v) is 2.13. The molecule has 0 saturated heterocycles. The van der Waals surface area contributed by atoms with Gasteiger partial charge in [0.15, 0.2) is 11.4 Å². The van der Waals surface area contributed by atoms with Crippen molar-refractivity contribution in [3.8, 4) is 17.3 Å². The molecule has 5 nitrogen and oxygen atoms in total. The first-order chi connectivity index (χ1) is 8.93. The molecule has 100 valence electrons. The lowest BCUT2D eigenvalue weighted by molar-refractivity contribution is -0.142. The van der Waals surface area contributed by atoms with Gasteiger partial charge in [-0.05, 0) is 0 Å². The Morgan fingerprint density at radius 1 is 1.11 bits per heavy atom. The van der Waals surface area contributed by atoms with E-state index in [9.17, 15) is 17.6 Å². The van der Waals surface area contributed by atoms with Crippen molar-refractivity contribution in [3.63, 3.8) is 0 Å². The largest absolute Gasteiger partial charge is 0.480 e. The fourth-order valence-corrected chi connectivity index (χ4v) is 1.34. The number of alkyl halides is 3. The SMILES string of the molecule is COc1nc(-c2cncnc2)nc(F)c1C(F)(F)F. The molecular weight excluding hydrogens is 268 g/mol. The maximum Gasteiger partial charge on any atom is 0.426 e. The summed E-state index contributed by atoms with van der Waals surface area (Å²) in [6, 6.07) is 0. The van der Waals surface area contributed by atoms with Crippen LogP contribution in [0.1, 0.15) is 5.56 Å². The van der Waals surface area contributed by atoms with Gasteiger partial charge in [-0.3, -0.25) is 0 Å². The lowest BCUT2D eigenvalue weighted by Gasteiger charge is -2.12. The summed E-state index contributed by atoms with van der Waals surface area (Å²) in [7, 11) is 0.961. The van der Waals surface area contributed by atoms with Crippen LogP contribution in [0.25, 0.3) is 11.4 Å². The standard InChI is InChI=1S/C10H6F4N4O/c1-19-9-6(10(12,13)14)7(11)17-8(18-9)5-2-15-4-16-3-5/h2-4H,1H3. The van der Waals surface area contributed by atoms with Crippen LogP contribution in [0.5, 0.6) is 5.88 Å². The Morgan fingerprint density at radius 2 is 1.74 bits per heavy atom. The third kappa shape index (κ3) is 2.59. The van der Waals surface area contributed by atoms with Crippen molar-refractivity contribution in [3.05, 3.63) is 30.2 Å². The van der Waals surface area contributed by atoms with E-state index >= 15 is 0 Å². The zero-order chi connectivity index (χ0) is 14.0. The van der Waals surface area contributed by atoms with E-state index in [2.05, 4.69) is 24.7 Å². The first-order valence-electron chi connectivity index (χ1n) is 4.87. The van der Waals surface area contributed by atoms with Crippen molar-refractivity contribution < 1.29 is 22.3 Å². The van der Waals surface area contributed by atoms with E-state index in [0.717, 1.165) is 7.11 Å². The molecule has 2 rings (SSSR count). The maximum atomic E-state index is 13.5. The molecule has 2 heterocycles. The molecule has 0 aromatic carbocycles. The predicted octanol–water partition coefficient (Wildman–Crippen LogP) is 2.10. The van der Waals surface area contributed by atoms with E-state index in [1.54, 1.807) is 0 Å². The van der Waals surface area contributed by atoms with Crippen molar-refractivity contribution in [1.29, 1.82) is 0 Å². The molecule has 9 heteroatoms. The molecular formula is C10H6F4N4O. The summed E-state index contributed by atoms with van der Waals surface area (Å²) in [5, 5.41) is 0. The van der Waals surface area contributed by atoms with E-state index in [1.165, 1.54) is 18.7 Å². The van der Waals surface area contributed by atoms with Gasteiger partial charge < -0.3 is 4.74 Å². The Bertz CT molecular complexity index is 588. The number of hydrogen-bond acceptors (Lipinski definition) is 5. The zero-order valence-corrected chi connectivity index (χ0v) is 9.44. The Labute approximate surface area is 104 Å². The van der Waals surface area contributed by atoms with Gasteiger partial charge in [-0.2, -0.15) is 27.5 Å². The number of ether oxygens (including phenoxy) is 1. The minimum atomic E-state index is -4.94. The smallest absolute Gasteiger partial charge is 0.426 e. The third-order valence-electron chi connectivity index (χ3n) is 2.13.